The first-order valence-electron chi connectivity index (χ1n) is 12.2. The number of fused-ring (bicyclic) bond motifs is 2. The van der Waals surface area contributed by atoms with Crippen molar-refractivity contribution in [3.63, 3.8) is 0 Å². The first-order chi connectivity index (χ1) is 16.6. The van der Waals surface area contributed by atoms with Gasteiger partial charge in [0.15, 0.2) is 0 Å². The Kier molecular flexibility index (Phi) is 5.40. The van der Waals surface area contributed by atoms with Crippen LogP contribution in [0.2, 0.25) is 0 Å². The van der Waals surface area contributed by atoms with Crippen LogP contribution in [0, 0.1) is 0 Å². The molecule has 0 N–H and O–H groups in total. The van der Waals surface area contributed by atoms with Crippen LogP contribution in [0.4, 0.5) is 0 Å². The predicted octanol–water partition coefficient (Wildman–Crippen LogP) is 9.02. The summed E-state index contributed by atoms with van der Waals surface area (Å²) in [5.41, 5.74) is 2.28. The highest BCUT2D eigenvalue weighted by molar-refractivity contribution is 7.78. The summed E-state index contributed by atoms with van der Waals surface area (Å²) in [6.07, 6.45) is 0.769. The topological polar surface area (TPSA) is 24.9 Å². The van der Waals surface area contributed by atoms with Gasteiger partial charge in [-0.05, 0) is 75.2 Å². The van der Waals surface area contributed by atoms with Crippen molar-refractivity contribution in [1.82, 2.24) is 8.88 Å². The minimum Gasteiger partial charge on any atom is -0.444 e. The molecule has 180 valence electrons. The summed E-state index contributed by atoms with van der Waals surface area (Å²) >= 11 is 0. The number of nitrogens with zero attached hydrogens (tertiary/aromatic N) is 2. The fraction of sp³-hybridized carbons (Fsp3) is 0.310. The van der Waals surface area contributed by atoms with E-state index in [4.69, 9.17) is 9.05 Å². The normalized spacial score (nSPS) is 21.0. The standard InChI is InChI=1S/C29H32N2O2P2/c1-28(2,3)30-34-31(29(4,5)6)35(30)33-27-18-16-21-12-8-10-14-23(21)25(27)19-24-22-13-9-7-11-20(22)15-17-26(24)32-34/h7-18H,19H2,1-6H3. The van der Waals surface area contributed by atoms with Crippen LogP contribution in [0.3, 0.4) is 0 Å². The van der Waals surface area contributed by atoms with Crippen LogP contribution in [-0.2, 0) is 6.42 Å². The molecule has 3 aliphatic heterocycles. The molecule has 3 heterocycles. The van der Waals surface area contributed by atoms with E-state index in [-0.39, 0.29) is 11.1 Å². The lowest BCUT2D eigenvalue weighted by Gasteiger charge is -2.61. The third kappa shape index (κ3) is 3.83. The van der Waals surface area contributed by atoms with Crippen molar-refractivity contribution >= 4 is 38.4 Å². The van der Waals surface area contributed by atoms with Gasteiger partial charge >= 0.3 is 0 Å². The lowest BCUT2D eigenvalue weighted by molar-refractivity contribution is 0.224. The molecule has 0 aliphatic carbocycles. The van der Waals surface area contributed by atoms with Crippen molar-refractivity contribution in [2.75, 3.05) is 0 Å². The predicted molar refractivity (Wildman–Crippen MR) is 149 cm³/mol. The Morgan fingerprint density at radius 1 is 0.571 bits per heavy atom. The number of hydrogen-bond acceptors (Lipinski definition) is 4. The zero-order valence-electron chi connectivity index (χ0n) is 21.2. The molecule has 0 atom stereocenters. The summed E-state index contributed by atoms with van der Waals surface area (Å²) in [4.78, 5) is 0. The van der Waals surface area contributed by atoms with Crippen molar-refractivity contribution in [1.29, 1.82) is 0 Å². The van der Waals surface area contributed by atoms with Crippen molar-refractivity contribution in [3.05, 3.63) is 83.9 Å². The van der Waals surface area contributed by atoms with Crippen LogP contribution < -0.4 is 9.05 Å². The molecule has 2 bridgehead atoms. The van der Waals surface area contributed by atoms with Gasteiger partial charge < -0.3 is 9.05 Å². The van der Waals surface area contributed by atoms with E-state index < -0.39 is 16.9 Å². The minimum atomic E-state index is -1.02. The van der Waals surface area contributed by atoms with E-state index in [1.165, 1.54) is 32.7 Å². The Hall–Kier alpha value is -2.22. The first-order valence-corrected chi connectivity index (χ1v) is 14.5. The SMILES string of the molecule is CC(C)(C)N1P2Oc3ccc4ccccc4c3Cc3c(ccc4ccccc34)OP1N2C(C)(C)C. The van der Waals surface area contributed by atoms with Gasteiger partial charge in [-0.15, -0.1) is 0 Å². The summed E-state index contributed by atoms with van der Waals surface area (Å²) in [5, 5.41) is 4.95. The first kappa shape index (κ1) is 23.2. The van der Waals surface area contributed by atoms with Gasteiger partial charge in [0.2, 0.25) is 0 Å². The molecule has 0 aromatic heterocycles. The molecule has 7 rings (SSSR count). The number of hydrogen-bond donors (Lipinski definition) is 0. The molecule has 1 fully saturated rings. The average Bonchev–Trinajstić information content (AvgIpc) is 2.78. The molecular formula is C29H32N2O2P2. The molecule has 0 radical (unpaired) electrons. The summed E-state index contributed by atoms with van der Waals surface area (Å²) in [5.74, 6) is 1.96. The molecule has 0 amide bonds. The fourth-order valence-corrected chi connectivity index (χ4v) is 10.3. The van der Waals surface area contributed by atoms with E-state index in [0.29, 0.717) is 0 Å². The second kappa shape index (κ2) is 8.15. The van der Waals surface area contributed by atoms with Crippen molar-refractivity contribution < 1.29 is 9.05 Å². The average molecular weight is 503 g/mol. The third-order valence-electron chi connectivity index (χ3n) is 6.56. The second-order valence-electron chi connectivity index (χ2n) is 11.3. The molecular weight excluding hydrogens is 470 g/mol. The van der Waals surface area contributed by atoms with Gasteiger partial charge in [-0.2, -0.15) is 8.88 Å². The highest BCUT2D eigenvalue weighted by Crippen LogP contribution is 2.81. The van der Waals surface area contributed by atoms with E-state index in [0.717, 1.165) is 17.9 Å². The molecule has 0 unspecified atom stereocenters. The lowest BCUT2D eigenvalue weighted by Crippen LogP contribution is -2.55. The van der Waals surface area contributed by atoms with Crippen LogP contribution in [0.5, 0.6) is 11.5 Å². The molecule has 1 saturated heterocycles. The number of benzene rings is 4. The molecule has 4 aromatic carbocycles. The van der Waals surface area contributed by atoms with Crippen LogP contribution in [0.1, 0.15) is 52.7 Å². The fourth-order valence-electron chi connectivity index (χ4n) is 4.96. The van der Waals surface area contributed by atoms with Crippen LogP contribution >= 0.6 is 16.9 Å². The van der Waals surface area contributed by atoms with Crippen LogP contribution in [0.25, 0.3) is 21.5 Å². The Morgan fingerprint density at radius 3 is 1.37 bits per heavy atom. The monoisotopic (exact) mass is 502 g/mol. The second-order valence-corrected chi connectivity index (χ2v) is 14.9. The molecule has 0 spiro atoms. The van der Waals surface area contributed by atoms with Gasteiger partial charge in [-0.25, -0.2) is 0 Å². The maximum atomic E-state index is 7.00. The van der Waals surface area contributed by atoms with E-state index >= 15 is 0 Å². The quantitative estimate of drug-likeness (QED) is 0.224. The third-order valence-corrected chi connectivity index (χ3v) is 12.8. The Labute approximate surface area is 210 Å². The van der Waals surface area contributed by atoms with Gasteiger partial charge in [0, 0.05) is 28.6 Å². The smallest absolute Gasteiger partial charge is 0.264 e. The largest absolute Gasteiger partial charge is 0.444 e. The van der Waals surface area contributed by atoms with Gasteiger partial charge in [-0.1, -0.05) is 60.7 Å². The summed E-state index contributed by atoms with van der Waals surface area (Å²) in [6, 6.07) is 26.0. The summed E-state index contributed by atoms with van der Waals surface area (Å²) in [6.45, 7) is 13.6. The maximum Gasteiger partial charge on any atom is 0.264 e. The van der Waals surface area contributed by atoms with Gasteiger partial charge in [0.25, 0.3) is 16.9 Å². The van der Waals surface area contributed by atoms with Gasteiger partial charge in [0.05, 0.1) is 0 Å². The summed E-state index contributed by atoms with van der Waals surface area (Å²) < 4.78 is 19.0. The number of rotatable bonds is 0. The van der Waals surface area contributed by atoms with E-state index in [1.807, 2.05) is 0 Å². The van der Waals surface area contributed by atoms with E-state index in [2.05, 4.69) is 123 Å². The molecule has 35 heavy (non-hydrogen) atoms. The van der Waals surface area contributed by atoms with Crippen molar-refractivity contribution in [2.24, 2.45) is 0 Å². The highest BCUT2D eigenvalue weighted by atomic mass is 31.3. The van der Waals surface area contributed by atoms with Gasteiger partial charge in [0.1, 0.15) is 11.5 Å². The zero-order chi connectivity index (χ0) is 24.5. The lowest BCUT2D eigenvalue weighted by atomic mass is 9.93. The molecule has 6 heteroatoms. The van der Waals surface area contributed by atoms with Crippen LogP contribution in [0.15, 0.2) is 72.8 Å². The minimum absolute atomic E-state index is 0.0909. The van der Waals surface area contributed by atoms with Crippen molar-refractivity contribution in [3.8, 4) is 11.5 Å². The molecule has 3 aliphatic rings. The highest BCUT2D eigenvalue weighted by Gasteiger charge is 2.61. The summed E-state index contributed by atoms with van der Waals surface area (Å²) in [7, 11) is -2.04. The van der Waals surface area contributed by atoms with Crippen LogP contribution in [-0.4, -0.2) is 20.0 Å². The zero-order valence-corrected chi connectivity index (χ0v) is 23.0. The molecule has 4 nitrogen and oxygen atoms in total. The molecule has 0 saturated carbocycles. The Morgan fingerprint density at radius 2 is 0.971 bits per heavy atom. The van der Waals surface area contributed by atoms with Gasteiger partial charge in [-0.3, -0.25) is 0 Å². The van der Waals surface area contributed by atoms with E-state index in [1.54, 1.807) is 0 Å². The maximum absolute atomic E-state index is 7.00. The molecule has 4 aromatic rings. The van der Waals surface area contributed by atoms with Crippen molar-refractivity contribution in [2.45, 2.75) is 59.0 Å². The Bertz CT molecular complexity index is 1320. The van der Waals surface area contributed by atoms with E-state index in [9.17, 15) is 0 Å². The Balaban J connectivity index is 1.65.